The summed E-state index contributed by atoms with van der Waals surface area (Å²) in [4.78, 5) is 2.22. The summed E-state index contributed by atoms with van der Waals surface area (Å²) in [5, 5.41) is 33.7. The normalized spacial score (nSPS) is 21.8. The molecule has 0 unspecified atom stereocenters. The Morgan fingerprint density at radius 3 is 2.44 bits per heavy atom. The van der Waals surface area contributed by atoms with Crippen molar-refractivity contribution >= 4 is 23.0 Å². The molecule has 1 saturated heterocycles. The lowest BCUT2D eigenvalue weighted by Crippen LogP contribution is -2.55. The number of aromatic hydroxyl groups is 1. The standard InChI is InChI=1S/C26H35N7O/c1-9-24(29-28-21(8)32-14-18(5)27-19(6)15-32)23-11-10-22(13-26(23)34)25-12-17(4)20(7)33(31-25)30-16(2)3/h9-13,18-19,27,34H,1,7,14-15H2,2-6,8H3/b28-21+,29-24+/t18-,19+. The minimum Gasteiger partial charge on any atom is -0.507 e. The van der Waals surface area contributed by atoms with E-state index < -0.39 is 0 Å². The molecule has 180 valence electrons. The zero-order valence-electron chi connectivity index (χ0n) is 21.0. The first-order valence-electron chi connectivity index (χ1n) is 11.5. The van der Waals surface area contributed by atoms with Gasteiger partial charge in [0, 0.05) is 42.0 Å². The zero-order valence-corrected chi connectivity index (χ0v) is 21.0. The van der Waals surface area contributed by atoms with Crippen LogP contribution in [0.15, 0.2) is 75.2 Å². The van der Waals surface area contributed by atoms with Crippen molar-refractivity contribution in [3.63, 3.8) is 0 Å². The highest BCUT2D eigenvalue weighted by atomic mass is 16.3. The van der Waals surface area contributed by atoms with Gasteiger partial charge in [-0.2, -0.15) is 10.2 Å². The van der Waals surface area contributed by atoms with Gasteiger partial charge in [0.25, 0.3) is 0 Å². The van der Waals surface area contributed by atoms with Crippen LogP contribution < -0.4 is 5.32 Å². The number of phenols is 1. The predicted molar refractivity (Wildman–Crippen MR) is 142 cm³/mol. The van der Waals surface area contributed by atoms with Crippen LogP contribution in [-0.2, 0) is 0 Å². The molecule has 0 spiro atoms. The maximum atomic E-state index is 10.8. The number of amidine groups is 1. The summed E-state index contributed by atoms with van der Waals surface area (Å²) in [6.07, 6.45) is 3.53. The minimum atomic E-state index is 0.0771. The molecule has 2 N–H and O–H groups in total. The number of allylic oxidation sites excluding steroid dienone is 3. The molecular weight excluding hydrogens is 426 g/mol. The highest BCUT2D eigenvalue weighted by Crippen LogP contribution is 2.26. The number of benzene rings is 1. The Morgan fingerprint density at radius 2 is 1.85 bits per heavy atom. The Hall–Kier alpha value is -3.52. The molecule has 34 heavy (non-hydrogen) atoms. The Kier molecular flexibility index (Phi) is 7.83. The van der Waals surface area contributed by atoms with E-state index in [9.17, 15) is 5.11 Å². The molecule has 0 amide bonds. The number of phenolic OH excluding ortho intramolecular Hbond substituents is 1. The van der Waals surface area contributed by atoms with E-state index in [1.165, 1.54) is 5.12 Å². The molecule has 8 nitrogen and oxygen atoms in total. The second kappa shape index (κ2) is 10.6. The number of hydrogen-bond donors (Lipinski definition) is 2. The van der Waals surface area contributed by atoms with Crippen molar-refractivity contribution in [2.75, 3.05) is 13.1 Å². The van der Waals surface area contributed by atoms with Gasteiger partial charge >= 0.3 is 0 Å². The van der Waals surface area contributed by atoms with E-state index in [1.807, 2.05) is 39.8 Å². The topological polar surface area (TPSA) is 88.2 Å². The molecule has 1 aromatic rings. The first-order chi connectivity index (χ1) is 16.1. The lowest BCUT2D eigenvalue weighted by atomic mass is 10.0. The molecule has 2 aliphatic rings. The fraction of sp³-hybridized carbons (Fsp3) is 0.385. The number of rotatable bonds is 5. The van der Waals surface area contributed by atoms with Crippen LogP contribution >= 0.6 is 0 Å². The average molecular weight is 462 g/mol. The lowest BCUT2D eigenvalue weighted by Gasteiger charge is -2.36. The quantitative estimate of drug-likeness (QED) is 0.390. The summed E-state index contributed by atoms with van der Waals surface area (Å²) in [5.41, 5.74) is 5.03. The molecule has 2 heterocycles. The summed E-state index contributed by atoms with van der Waals surface area (Å²) >= 11 is 0. The predicted octanol–water partition coefficient (Wildman–Crippen LogP) is 4.26. The third-order valence-corrected chi connectivity index (χ3v) is 5.63. The van der Waals surface area contributed by atoms with Gasteiger partial charge in [0.05, 0.1) is 17.1 Å². The molecule has 1 fully saturated rings. The highest BCUT2D eigenvalue weighted by Gasteiger charge is 2.22. The smallest absolute Gasteiger partial charge is 0.125 e. The first kappa shape index (κ1) is 25.1. The molecule has 0 aromatic heterocycles. The van der Waals surface area contributed by atoms with Crippen LogP contribution in [0, 0.1) is 0 Å². The zero-order chi connectivity index (χ0) is 25.0. The lowest BCUT2D eigenvalue weighted by molar-refractivity contribution is 0.253. The third-order valence-electron chi connectivity index (χ3n) is 5.63. The molecule has 8 heteroatoms. The number of hydrogen-bond acceptors (Lipinski definition) is 7. The van der Waals surface area contributed by atoms with Gasteiger partial charge in [-0.1, -0.05) is 19.2 Å². The highest BCUT2D eigenvalue weighted by molar-refractivity contribution is 6.13. The van der Waals surface area contributed by atoms with Gasteiger partial charge in [-0.15, -0.1) is 15.3 Å². The molecule has 0 aliphatic carbocycles. The van der Waals surface area contributed by atoms with Crippen molar-refractivity contribution in [3.05, 3.63) is 65.9 Å². The average Bonchev–Trinajstić information content (AvgIpc) is 2.76. The van der Waals surface area contributed by atoms with Crippen LogP contribution in [0.4, 0.5) is 0 Å². The molecule has 0 bridgehead atoms. The molecule has 3 rings (SSSR count). The van der Waals surface area contributed by atoms with E-state index >= 15 is 0 Å². The first-order valence-corrected chi connectivity index (χ1v) is 11.5. The Labute approximate surface area is 202 Å². The Balaban J connectivity index is 1.88. The SMILES string of the molecule is C=C/C(=N\N=C(/C)N1C[C@@H](C)N[C@@H](C)C1)c1ccc(C2=NN(N=C(C)C)C(=C)C(C)=C2)cc1O. The van der Waals surface area contributed by atoms with Crippen LogP contribution in [0.1, 0.15) is 52.7 Å². The molecule has 2 atom stereocenters. The summed E-state index contributed by atoms with van der Waals surface area (Å²) in [7, 11) is 0. The van der Waals surface area contributed by atoms with Crippen LogP contribution in [0.2, 0.25) is 0 Å². The van der Waals surface area contributed by atoms with Crippen LogP contribution in [0.5, 0.6) is 5.75 Å². The summed E-state index contributed by atoms with van der Waals surface area (Å²) in [6, 6.07) is 6.13. The number of nitrogens with one attached hydrogen (secondary N) is 1. The molecule has 1 aromatic carbocycles. The van der Waals surface area contributed by atoms with Crippen LogP contribution in [0.3, 0.4) is 0 Å². The van der Waals surface area contributed by atoms with Crippen molar-refractivity contribution < 1.29 is 5.11 Å². The van der Waals surface area contributed by atoms with Crippen molar-refractivity contribution in [1.82, 2.24) is 15.3 Å². The number of hydrazone groups is 2. The van der Waals surface area contributed by atoms with Crippen LogP contribution in [-0.4, -0.2) is 63.3 Å². The van der Waals surface area contributed by atoms with Gasteiger partial charge in [0.2, 0.25) is 0 Å². The van der Waals surface area contributed by atoms with Gasteiger partial charge < -0.3 is 15.3 Å². The number of nitrogens with zero attached hydrogens (tertiary/aromatic N) is 6. The van der Waals surface area contributed by atoms with Crippen molar-refractivity contribution in [1.29, 1.82) is 0 Å². The van der Waals surface area contributed by atoms with Gasteiger partial charge in [0.1, 0.15) is 11.6 Å². The van der Waals surface area contributed by atoms with E-state index in [2.05, 4.69) is 57.6 Å². The van der Waals surface area contributed by atoms with E-state index in [-0.39, 0.29) is 5.75 Å². The molecule has 2 aliphatic heterocycles. The largest absolute Gasteiger partial charge is 0.507 e. The van der Waals surface area contributed by atoms with Crippen molar-refractivity contribution in [2.45, 2.75) is 53.6 Å². The molecular formula is C26H35N7O. The monoisotopic (exact) mass is 461 g/mol. The summed E-state index contributed by atoms with van der Waals surface area (Å²) < 4.78 is 0. The van der Waals surface area contributed by atoms with E-state index in [0.29, 0.717) is 34.8 Å². The molecule has 0 radical (unpaired) electrons. The van der Waals surface area contributed by atoms with Crippen molar-refractivity contribution in [2.24, 2.45) is 20.4 Å². The maximum Gasteiger partial charge on any atom is 0.125 e. The summed E-state index contributed by atoms with van der Waals surface area (Å²) in [6.45, 7) is 21.7. The van der Waals surface area contributed by atoms with E-state index in [0.717, 1.165) is 35.8 Å². The fourth-order valence-electron chi connectivity index (χ4n) is 3.94. The fourth-order valence-corrected chi connectivity index (χ4v) is 3.94. The van der Waals surface area contributed by atoms with Gasteiger partial charge in [-0.25, -0.2) is 0 Å². The Morgan fingerprint density at radius 1 is 1.18 bits per heavy atom. The Bertz CT molecular complexity index is 1110. The summed E-state index contributed by atoms with van der Waals surface area (Å²) in [5.74, 6) is 0.910. The maximum absolute atomic E-state index is 10.8. The van der Waals surface area contributed by atoms with Crippen molar-refractivity contribution in [3.8, 4) is 5.75 Å². The molecule has 0 saturated carbocycles. The second-order valence-corrected chi connectivity index (χ2v) is 9.04. The number of piperazine rings is 1. The van der Waals surface area contributed by atoms with E-state index in [1.54, 1.807) is 18.2 Å². The van der Waals surface area contributed by atoms with Gasteiger partial charge in [-0.05, 0) is 71.4 Å². The third kappa shape index (κ3) is 5.88. The minimum absolute atomic E-state index is 0.0771. The van der Waals surface area contributed by atoms with Crippen LogP contribution in [0.25, 0.3) is 0 Å². The van der Waals surface area contributed by atoms with Gasteiger partial charge in [-0.3, -0.25) is 0 Å². The van der Waals surface area contributed by atoms with E-state index in [4.69, 9.17) is 0 Å². The second-order valence-electron chi connectivity index (χ2n) is 9.04. The van der Waals surface area contributed by atoms with Gasteiger partial charge in [0.15, 0.2) is 0 Å².